The standard InChI is InChI=1S/C25H28N2O7/c1-25(34-13-22(28)29)14-27(15-25)23(30)21(32-2)11-26-24(31)33-12-20-18-9-5-3-7-16(18)17-8-4-6-10-19(17)20/h3-10,20-21H,11-15H2,1-2H3,(H,26,31)(H,28,29). The molecule has 0 radical (unpaired) electrons. The lowest BCUT2D eigenvalue weighted by Gasteiger charge is -2.48. The number of benzene rings is 2. The first kappa shape index (κ1) is 23.7. The zero-order chi connectivity index (χ0) is 24.3. The van der Waals surface area contributed by atoms with Crippen LogP contribution in [-0.2, 0) is 23.8 Å². The fourth-order valence-corrected chi connectivity index (χ4v) is 4.54. The van der Waals surface area contributed by atoms with Gasteiger partial charge in [0.15, 0.2) is 6.10 Å². The monoisotopic (exact) mass is 468 g/mol. The smallest absolute Gasteiger partial charge is 0.407 e. The van der Waals surface area contributed by atoms with E-state index in [4.69, 9.17) is 19.3 Å². The molecule has 180 valence electrons. The van der Waals surface area contributed by atoms with Crippen LogP contribution in [0.3, 0.4) is 0 Å². The van der Waals surface area contributed by atoms with E-state index in [1.807, 2.05) is 36.4 Å². The molecule has 1 saturated heterocycles. The Morgan fingerprint density at radius 3 is 2.24 bits per heavy atom. The van der Waals surface area contributed by atoms with Gasteiger partial charge in [-0.05, 0) is 29.2 Å². The summed E-state index contributed by atoms with van der Waals surface area (Å²) in [7, 11) is 1.39. The summed E-state index contributed by atoms with van der Waals surface area (Å²) in [5.41, 5.74) is 3.82. The first-order chi connectivity index (χ1) is 16.3. The number of hydrogen-bond donors (Lipinski definition) is 2. The van der Waals surface area contributed by atoms with Crippen LogP contribution in [0.4, 0.5) is 4.79 Å². The number of alkyl carbamates (subject to hydrolysis) is 1. The molecule has 2 N–H and O–H groups in total. The van der Waals surface area contributed by atoms with E-state index in [1.165, 1.54) is 12.0 Å². The lowest BCUT2D eigenvalue weighted by Crippen LogP contribution is -2.65. The van der Waals surface area contributed by atoms with Crippen LogP contribution in [0.15, 0.2) is 48.5 Å². The van der Waals surface area contributed by atoms with Crippen LogP contribution < -0.4 is 5.32 Å². The summed E-state index contributed by atoms with van der Waals surface area (Å²) in [4.78, 5) is 37.3. The molecule has 1 atom stereocenters. The number of methoxy groups -OCH3 is 1. The molecule has 9 nitrogen and oxygen atoms in total. The molecule has 9 heteroatoms. The molecule has 2 aliphatic rings. The number of carboxylic acid groups (broad SMARTS) is 1. The van der Waals surface area contributed by atoms with E-state index in [1.54, 1.807) is 6.92 Å². The average molecular weight is 469 g/mol. The number of nitrogens with zero attached hydrogens (tertiary/aromatic N) is 1. The van der Waals surface area contributed by atoms with Crippen LogP contribution in [0.5, 0.6) is 0 Å². The first-order valence-corrected chi connectivity index (χ1v) is 11.1. The van der Waals surface area contributed by atoms with Crippen molar-refractivity contribution in [3.63, 3.8) is 0 Å². The van der Waals surface area contributed by atoms with Crippen LogP contribution in [0.2, 0.25) is 0 Å². The van der Waals surface area contributed by atoms with Gasteiger partial charge < -0.3 is 29.5 Å². The Balaban J connectivity index is 1.27. The highest BCUT2D eigenvalue weighted by atomic mass is 16.6. The number of amides is 2. The van der Waals surface area contributed by atoms with Crippen molar-refractivity contribution in [3.05, 3.63) is 59.7 Å². The van der Waals surface area contributed by atoms with Crippen molar-refractivity contribution in [2.45, 2.75) is 24.5 Å². The van der Waals surface area contributed by atoms with Crippen molar-refractivity contribution in [2.75, 3.05) is 40.0 Å². The highest BCUT2D eigenvalue weighted by molar-refractivity contribution is 5.83. The first-order valence-electron chi connectivity index (χ1n) is 11.1. The van der Waals surface area contributed by atoms with Crippen LogP contribution in [0.25, 0.3) is 11.1 Å². The number of ether oxygens (including phenoxy) is 3. The van der Waals surface area contributed by atoms with Gasteiger partial charge in [0.2, 0.25) is 0 Å². The second-order valence-electron chi connectivity index (χ2n) is 8.76. The molecule has 1 aliphatic heterocycles. The fraction of sp³-hybridized carbons (Fsp3) is 0.400. The van der Waals surface area contributed by atoms with Crippen molar-refractivity contribution in [1.82, 2.24) is 10.2 Å². The molecule has 1 unspecified atom stereocenters. The third kappa shape index (κ3) is 4.90. The van der Waals surface area contributed by atoms with E-state index < -0.39 is 30.4 Å². The van der Waals surface area contributed by atoms with Crippen LogP contribution in [0.1, 0.15) is 24.0 Å². The van der Waals surface area contributed by atoms with Gasteiger partial charge in [-0.2, -0.15) is 0 Å². The molecule has 1 aliphatic carbocycles. The fourth-order valence-electron chi connectivity index (χ4n) is 4.54. The Bertz CT molecular complexity index is 1030. The number of carboxylic acids is 1. The van der Waals surface area contributed by atoms with E-state index in [2.05, 4.69) is 17.4 Å². The lowest BCUT2D eigenvalue weighted by atomic mass is 9.95. The number of rotatable bonds is 9. The number of nitrogens with one attached hydrogen (secondary N) is 1. The number of carbonyl (C=O) groups excluding carboxylic acids is 2. The van der Waals surface area contributed by atoms with Gasteiger partial charge in [0.05, 0.1) is 19.6 Å². The summed E-state index contributed by atoms with van der Waals surface area (Å²) >= 11 is 0. The van der Waals surface area contributed by atoms with E-state index in [9.17, 15) is 14.4 Å². The summed E-state index contributed by atoms with van der Waals surface area (Å²) in [5, 5.41) is 11.4. The van der Waals surface area contributed by atoms with Crippen LogP contribution in [-0.4, -0.2) is 79.6 Å². The van der Waals surface area contributed by atoms with Crippen molar-refractivity contribution in [3.8, 4) is 11.1 Å². The predicted octanol–water partition coefficient (Wildman–Crippen LogP) is 2.24. The van der Waals surface area contributed by atoms with E-state index in [0.29, 0.717) is 0 Å². The summed E-state index contributed by atoms with van der Waals surface area (Å²) in [5.74, 6) is -1.42. The Morgan fingerprint density at radius 2 is 1.68 bits per heavy atom. The maximum atomic E-state index is 12.7. The van der Waals surface area contributed by atoms with Gasteiger partial charge in [-0.25, -0.2) is 9.59 Å². The van der Waals surface area contributed by atoms with E-state index in [-0.39, 0.29) is 38.1 Å². The van der Waals surface area contributed by atoms with Crippen molar-refractivity contribution < 1.29 is 33.7 Å². The number of hydrogen-bond acceptors (Lipinski definition) is 6. The molecule has 2 aromatic carbocycles. The Labute approximate surface area is 197 Å². The van der Waals surface area contributed by atoms with Gasteiger partial charge in [-0.3, -0.25) is 4.79 Å². The van der Waals surface area contributed by atoms with Gasteiger partial charge in [0, 0.05) is 13.0 Å². The highest BCUT2D eigenvalue weighted by Crippen LogP contribution is 2.44. The van der Waals surface area contributed by atoms with Crippen molar-refractivity contribution in [2.24, 2.45) is 0 Å². The van der Waals surface area contributed by atoms with E-state index >= 15 is 0 Å². The highest BCUT2D eigenvalue weighted by Gasteiger charge is 2.44. The lowest BCUT2D eigenvalue weighted by molar-refractivity contribution is -0.178. The van der Waals surface area contributed by atoms with Crippen molar-refractivity contribution in [1.29, 1.82) is 0 Å². The summed E-state index contributed by atoms with van der Waals surface area (Å²) < 4.78 is 16.1. The SMILES string of the molecule is COC(CNC(=O)OCC1c2ccccc2-c2ccccc21)C(=O)N1CC(C)(OCC(=O)O)C1. The number of likely N-dealkylation sites (tertiary alicyclic amines) is 1. The minimum absolute atomic E-state index is 0.0464. The number of aliphatic carboxylic acids is 1. The molecule has 1 fully saturated rings. The summed E-state index contributed by atoms with van der Waals surface area (Å²) in [6.07, 6.45) is -1.51. The third-order valence-corrected chi connectivity index (χ3v) is 6.24. The average Bonchev–Trinajstić information content (AvgIpc) is 3.13. The number of carbonyl (C=O) groups is 3. The quantitative estimate of drug-likeness (QED) is 0.580. The maximum Gasteiger partial charge on any atom is 0.407 e. The third-order valence-electron chi connectivity index (χ3n) is 6.24. The minimum atomic E-state index is -1.06. The Kier molecular flexibility index (Phi) is 6.85. The molecule has 4 rings (SSSR count). The van der Waals surface area contributed by atoms with Gasteiger partial charge in [0.25, 0.3) is 5.91 Å². The predicted molar refractivity (Wildman–Crippen MR) is 122 cm³/mol. The molecule has 0 saturated carbocycles. The van der Waals surface area contributed by atoms with Gasteiger partial charge in [-0.15, -0.1) is 0 Å². The van der Waals surface area contributed by atoms with Gasteiger partial charge in [-0.1, -0.05) is 48.5 Å². The molecule has 2 amide bonds. The minimum Gasteiger partial charge on any atom is -0.480 e. The summed E-state index contributed by atoms with van der Waals surface area (Å²) in [6.45, 7) is 1.96. The second kappa shape index (κ2) is 9.82. The Hall–Kier alpha value is -3.43. The maximum absolute atomic E-state index is 12.7. The molecule has 0 aromatic heterocycles. The zero-order valence-electron chi connectivity index (χ0n) is 19.2. The summed E-state index contributed by atoms with van der Waals surface area (Å²) in [6, 6.07) is 16.1. The van der Waals surface area contributed by atoms with Crippen LogP contribution in [0, 0.1) is 0 Å². The molecule has 0 spiro atoms. The van der Waals surface area contributed by atoms with Crippen LogP contribution >= 0.6 is 0 Å². The topological polar surface area (TPSA) is 114 Å². The normalized spacial score (nSPS) is 16.7. The Morgan fingerprint density at radius 1 is 1.09 bits per heavy atom. The molecular formula is C25H28N2O7. The van der Waals surface area contributed by atoms with Gasteiger partial charge >= 0.3 is 12.1 Å². The van der Waals surface area contributed by atoms with Gasteiger partial charge in [0.1, 0.15) is 18.8 Å². The van der Waals surface area contributed by atoms with Crippen molar-refractivity contribution >= 4 is 18.0 Å². The van der Waals surface area contributed by atoms with E-state index in [0.717, 1.165) is 22.3 Å². The molecule has 1 heterocycles. The molecular weight excluding hydrogens is 440 g/mol. The molecule has 2 aromatic rings. The molecule has 34 heavy (non-hydrogen) atoms. The largest absolute Gasteiger partial charge is 0.480 e. The zero-order valence-corrected chi connectivity index (χ0v) is 19.2. The molecule has 0 bridgehead atoms. The number of fused-ring (bicyclic) bond motifs is 3. The second-order valence-corrected chi connectivity index (χ2v) is 8.76.